The van der Waals surface area contributed by atoms with Crippen molar-refractivity contribution in [3.63, 3.8) is 0 Å². The summed E-state index contributed by atoms with van der Waals surface area (Å²) < 4.78 is 10.5. The average molecular weight is 510 g/mol. The summed E-state index contributed by atoms with van der Waals surface area (Å²) in [6.45, 7) is 2.77. The topological polar surface area (TPSA) is 143 Å². The van der Waals surface area contributed by atoms with E-state index in [-0.39, 0.29) is 17.8 Å². The van der Waals surface area contributed by atoms with Crippen LogP contribution in [0.2, 0.25) is 0 Å². The summed E-state index contributed by atoms with van der Waals surface area (Å²) >= 11 is 0. The van der Waals surface area contributed by atoms with E-state index in [0.717, 1.165) is 23.6 Å². The third kappa shape index (κ3) is 5.54. The number of methoxy groups -OCH3 is 2. The number of nitro benzene ring substituents is 1. The van der Waals surface area contributed by atoms with E-state index in [9.17, 15) is 24.5 Å². The third-order valence-corrected chi connectivity index (χ3v) is 6.24. The first kappa shape index (κ1) is 25.6. The normalized spacial score (nSPS) is 17.1. The third-order valence-electron chi connectivity index (χ3n) is 6.24. The Balaban J connectivity index is 1.62. The highest BCUT2D eigenvalue weighted by Crippen LogP contribution is 2.30. The van der Waals surface area contributed by atoms with Crippen molar-refractivity contribution in [2.75, 3.05) is 51.8 Å². The summed E-state index contributed by atoms with van der Waals surface area (Å²) in [6, 6.07) is 8.77. The van der Waals surface area contributed by atoms with E-state index in [1.165, 1.54) is 32.4 Å². The number of anilines is 1. The number of carbonyl (C=O) groups is 3. The Kier molecular flexibility index (Phi) is 7.68. The number of rotatable bonds is 8. The summed E-state index contributed by atoms with van der Waals surface area (Å²) in [4.78, 5) is 52.3. The number of nitro groups is 1. The van der Waals surface area contributed by atoms with E-state index in [1.54, 1.807) is 24.3 Å². The summed E-state index contributed by atoms with van der Waals surface area (Å²) in [5.41, 5.74) is 1.36. The summed E-state index contributed by atoms with van der Waals surface area (Å²) in [5, 5.41) is 16.8. The molecule has 2 heterocycles. The molecule has 2 saturated heterocycles. The molecule has 0 aliphatic carbocycles. The Morgan fingerprint density at radius 1 is 1.03 bits per heavy atom. The van der Waals surface area contributed by atoms with Crippen LogP contribution in [0, 0.1) is 10.1 Å². The number of ether oxygens (including phenoxy) is 2. The summed E-state index contributed by atoms with van der Waals surface area (Å²) in [7, 11) is 3.03. The Bertz CT molecular complexity index is 1270. The van der Waals surface area contributed by atoms with Gasteiger partial charge in [-0.3, -0.25) is 29.9 Å². The van der Waals surface area contributed by atoms with Crippen LogP contribution in [0.25, 0.3) is 6.08 Å². The average Bonchev–Trinajstić information content (AvgIpc) is 2.91. The fraction of sp³-hybridized carbons (Fsp3) is 0.320. The number of non-ortho nitro benzene ring substituents is 1. The Morgan fingerprint density at radius 2 is 1.76 bits per heavy atom. The minimum Gasteiger partial charge on any atom is -0.493 e. The van der Waals surface area contributed by atoms with Gasteiger partial charge in [-0.2, -0.15) is 0 Å². The first-order valence-corrected chi connectivity index (χ1v) is 11.7. The Morgan fingerprint density at radius 3 is 2.43 bits per heavy atom. The highest BCUT2D eigenvalue weighted by atomic mass is 16.6. The van der Waals surface area contributed by atoms with Crippen molar-refractivity contribution >= 4 is 35.3 Å². The molecule has 0 unspecified atom stereocenters. The number of nitrogens with zero attached hydrogens (tertiary/aromatic N) is 3. The van der Waals surface area contributed by atoms with Gasteiger partial charge in [0.15, 0.2) is 11.5 Å². The van der Waals surface area contributed by atoms with Gasteiger partial charge in [0.05, 0.1) is 19.1 Å². The number of amides is 4. The van der Waals surface area contributed by atoms with E-state index in [2.05, 4.69) is 10.6 Å². The molecule has 0 atom stereocenters. The lowest BCUT2D eigenvalue weighted by molar-refractivity contribution is -0.384. The number of benzene rings is 2. The molecule has 4 amide bonds. The van der Waals surface area contributed by atoms with Crippen molar-refractivity contribution in [1.29, 1.82) is 0 Å². The maximum absolute atomic E-state index is 13.3. The van der Waals surface area contributed by atoms with Crippen molar-refractivity contribution in [3.05, 3.63) is 63.2 Å². The summed E-state index contributed by atoms with van der Waals surface area (Å²) in [6.07, 6.45) is 1.63. The molecule has 2 aliphatic heterocycles. The van der Waals surface area contributed by atoms with Gasteiger partial charge < -0.3 is 19.7 Å². The van der Waals surface area contributed by atoms with Gasteiger partial charge in [0.25, 0.3) is 17.5 Å². The van der Waals surface area contributed by atoms with Crippen LogP contribution < -0.4 is 25.0 Å². The van der Waals surface area contributed by atoms with E-state index in [0.29, 0.717) is 42.3 Å². The van der Waals surface area contributed by atoms with Crippen LogP contribution >= 0.6 is 0 Å². The van der Waals surface area contributed by atoms with Gasteiger partial charge in [0, 0.05) is 56.1 Å². The number of hydrogen-bond acceptors (Lipinski definition) is 9. The molecule has 2 aromatic carbocycles. The van der Waals surface area contributed by atoms with Crippen LogP contribution in [0.15, 0.2) is 42.0 Å². The monoisotopic (exact) mass is 509 g/mol. The second-order valence-corrected chi connectivity index (χ2v) is 8.45. The molecule has 2 aliphatic rings. The largest absolute Gasteiger partial charge is 0.493 e. The van der Waals surface area contributed by atoms with Gasteiger partial charge in [-0.25, -0.2) is 4.79 Å². The van der Waals surface area contributed by atoms with Gasteiger partial charge in [0.1, 0.15) is 5.57 Å². The zero-order valence-corrected chi connectivity index (χ0v) is 20.5. The SMILES string of the molecule is COc1ccc(CCN2C(=O)NC(=O)/C(=C/c3cc([N+](=O)[O-])ccc3N3CCNCC3)C2=O)cc1OC. The van der Waals surface area contributed by atoms with Crippen molar-refractivity contribution in [2.24, 2.45) is 0 Å². The number of piperazine rings is 1. The molecule has 4 rings (SSSR count). The molecule has 12 heteroatoms. The lowest BCUT2D eigenvalue weighted by Crippen LogP contribution is -2.54. The smallest absolute Gasteiger partial charge is 0.331 e. The second-order valence-electron chi connectivity index (χ2n) is 8.45. The second kappa shape index (κ2) is 11.1. The lowest BCUT2D eigenvalue weighted by Gasteiger charge is -2.31. The quantitative estimate of drug-likeness (QED) is 0.235. The van der Waals surface area contributed by atoms with Crippen LogP contribution in [0.1, 0.15) is 11.1 Å². The van der Waals surface area contributed by atoms with Gasteiger partial charge in [-0.15, -0.1) is 0 Å². The Hall–Kier alpha value is -4.45. The van der Waals surface area contributed by atoms with Crippen LogP contribution in [-0.4, -0.2) is 74.6 Å². The van der Waals surface area contributed by atoms with Crippen molar-refractivity contribution in [2.45, 2.75) is 6.42 Å². The fourth-order valence-electron chi connectivity index (χ4n) is 4.29. The van der Waals surface area contributed by atoms with Crippen molar-refractivity contribution < 1.29 is 28.8 Å². The Labute approximate surface area is 213 Å². The minimum atomic E-state index is -0.852. The number of carbonyl (C=O) groups excluding carboxylic acids is 3. The number of urea groups is 1. The van der Waals surface area contributed by atoms with E-state index in [4.69, 9.17) is 9.47 Å². The van der Waals surface area contributed by atoms with Gasteiger partial charge >= 0.3 is 6.03 Å². The molecule has 0 aromatic heterocycles. The molecule has 0 spiro atoms. The molecular formula is C25H27N5O7. The molecule has 0 bridgehead atoms. The van der Waals surface area contributed by atoms with Crippen LogP contribution in [0.5, 0.6) is 11.5 Å². The van der Waals surface area contributed by atoms with Crippen LogP contribution in [0.3, 0.4) is 0 Å². The molecule has 2 fully saturated rings. The lowest BCUT2D eigenvalue weighted by atomic mass is 10.0. The van der Waals surface area contributed by atoms with Crippen molar-refractivity contribution in [1.82, 2.24) is 15.5 Å². The highest BCUT2D eigenvalue weighted by molar-refractivity contribution is 6.31. The van der Waals surface area contributed by atoms with Crippen molar-refractivity contribution in [3.8, 4) is 11.5 Å². The first-order valence-electron chi connectivity index (χ1n) is 11.7. The molecule has 2 N–H and O–H groups in total. The zero-order valence-electron chi connectivity index (χ0n) is 20.5. The maximum Gasteiger partial charge on any atom is 0.331 e. The molecular weight excluding hydrogens is 482 g/mol. The highest BCUT2D eigenvalue weighted by Gasteiger charge is 2.36. The van der Waals surface area contributed by atoms with E-state index >= 15 is 0 Å². The van der Waals surface area contributed by atoms with E-state index < -0.39 is 22.8 Å². The number of imide groups is 2. The maximum atomic E-state index is 13.3. The predicted octanol–water partition coefficient (Wildman–Crippen LogP) is 1.73. The predicted molar refractivity (Wildman–Crippen MR) is 135 cm³/mol. The minimum absolute atomic E-state index is 0.00432. The molecule has 37 heavy (non-hydrogen) atoms. The van der Waals surface area contributed by atoms with E-state index in [1.807, 2.05) is 4.90 Å². The van der Waals surface area contributed by atoms with Crippen LogP contribution in [0.4, 0.5) is 16.2 Å². The van der Waals surface area contributed by atoms with Gasteiger partial charge in [-0.05, 0) is 36.3 Å². The molecule has 0 saturated carbocycles. The number of hydrogen-bond donors (Lipinski definition) is 2. The fourth-order valence-corrected chi connectivity index (χ4v) is 4.29. The zero-order chi connectivity index (χ0) is 26.5. The first-order chi connectivity index (χ1) is 17.8. The molecule has 2 aromatic rings. The molecule has 194 valence electrons. The number of nitrogens with one attached hydrogen (secondary N) is 2. The van der Waals surface area contributed by atoms with Gasteiger partial charge in [-0.1, -0.05) is 6.07 Å². The number of barbiturate groups is 1. The standard InChI is InChI=1S/C25H27N5O7/c1-36-21-6-3-16(13-22(21)37-2)7-10-29-24(32)19(23(31)27-25(29)33)15-17-14-18(30(34)35)4-5-20(17)28-11-8-26-9-12-28/h3-6,13-15,26H,7-12H2,1-2H3,(H,27,31,33)/b19-15-. The van der Waals surface area contributed by atoms with Crippen LogP contribution in [-0.2, 0) is 16.0 Å². The molecule has 12 nitrogen and oxygen atoms in total. The van der Waals surface area contributed by atoms with Gasteiger partial charge in [0.2, 0.25) is 0 Å². The molecule has 0 radical (unpaired) electrons. The summed E-state index contributed by atoms with van der Waals surface area (Å²) in [5.74, 6) is -0.565.